The van der Waals surface area contributed by atoms with Crippen molar-refractivity contribution < 1.29 is 14.5 Å². The average Bonchev–Trinajstić information content (AvgIpc) is 2.75. The summed E-state index contributed by atoms with van der Waals surface area (Å²) < 4.78 is 5.79. The number of nitro benzene ring substituents is 1. The van der Waals surface area contributed by atoms with Crippen LogP contribution in [0.5, 0.6) is 5.75 Å². The van der Waals surface area contributed by atoms with Crippen LogP contribution < -0.4 is 10.1 Å². The van der Waals surface area contributed by atoms with Crippen LogP contribution in [0.4, 0.5) is 11.4 Å². The lowest BCUT2D eigenvalue weighted by Gasteiger charge is -2.36. The molecule has 1 amide bonds. The van der Waals surface area contributed by atoms with Gasteiger partial charge in [-0.3, -0.25) is 14.9 Å². The lowest BCUT2D eigenvalue weighted by molar-refractivity contribution is -0.384. The first-order valence-corrected chi connectivity index (χ1v) is 10.3. The van der Waals surface area contributed by atoms with Crippen LogP contribution in [0.1, 0.15) is 57.9 Å². The number of amides is 1. The van der Waals surface area contributed by atoms with Gasteiger partial charge >= 0.3 is 0 Å². The number of nitro groups is 1. The quantitative estimate of drug-likeness (QED) is 0.487. The molecule has 154 valence electrons. The molecule has 1 fully saturated rings. The second kappa shape index (κ2) is 9.07. The maximum atomic E-state index is 13.3. The molecule has 3 rings (SSSR count). The van der Waals surface area contributed by atoms with E-state index in [1.165, 1.54) is 12.1 Å². The summed E-state index contributed by atoms with van der Waals surface area (Å²) >= 11 is 0. The number of benzene rings is 2. The largest absolute Gasteiger partial charge is 0.491 e. The number of ether oxygens (including phenoxy) is 1. The zero-order valence-corrected chi connectivity index (χ0v) is 17.0. The van der Waals surface area contributed by atoms with Gasteiger partial charge in [0.25, 0.3) is 5.69 Å². The van der Waals surface area contributed by atoms with Crippen LogP contribution in [-0.2, 0) is 10.2 Å². The van der Waals surface area contributed by atoms with Crippen molar-refractivity contribution in [3.05, 3.63) is 64.2 Å². The normalized spacial score (nSPS) is 16.6. The molecule has 1 aliphatic rings. The Morgan fingerprint density at radius 1 is 1.10 bits per heavy atom. The SMILES string of the molecule is CCC(C)Oc1ccc(NC(=O)C2(c3ccc([N+](=O)[O-])cc3)CCCCC2)cc1. The maximum absolute atomic E-state index is 13.3. The van der Waals surface area contributed by atoms with E-state index in [0.29, 0.717) is 0 Å². The molecule has 0 aliphatic heterocycles. The number of nitrogens with one attached hydrogen (secondary N) is 1. The highest BCUT2D eigenvalue weighted by molar-refractivity contribution is 5.99. The van der Waals surface area contributed by atoms with E-state index < -0.39 is 10.3 Å². The molecule has 0 aromatic heterocycles. The number of hydrogen-bond donors (Lipinski definition) is 1. The highest BCUT2D eigenvalue weighted by Crippen LogP contribution is 2.41. The summed E-state index contributed by atoms with van der Waals surface area (Å²) in [6.07, 6.45) is 5.58. The second-order valence-electron chi connectivity index (χ2n) is 7.76. The Bertz CT molecular complexity index is 840. The number of hydrogen-bond acceptors (Lipinski definition) is 4. The van der Waals surface area contributed by atoms with Crippen molar-refractivity contribution in [2.75, 3.05) is 5.32 Å². The van der Waals surface area contributed by atoms with Crippen LogP contribution in [0.15, 0.2) is 48.5 Å². The molecule has 6 nitrogen and oxygen atoms in total. The number of non-ortho nitro benzene ring substituents is 1. The van der Waals surface area contributed by atoms with Crippen molar-refractivity contribution in [2.24, 2.45) is 0 Å². The zero-order chi connectivity index (χ0) is 20.9. The van der Waals surface area contributed by atoms with E-state index in [1.54, 1.807) is 12.1 Å². The summed E-state index contributed by atoms with van der Waals surface area (Å²) in [6, 6.07) is 13.9. The minimum atomic E-state index is -0.653. The molecule has 0 saturated heterocycles. The minimum absolute atomic E-state index is 0.0389. The fourth-order valence-corrected chi connectivity index (χ4v) is 3.89. The summed E-state index contributed by atoms with van der Waals surface area (Å²) in [6.45, 7) is 4.09. The van der Waals surface area contributed by atoms with Gasteiger partial charge in [-0.1, -0.05) is 38.3 Å². The molecule has 0 bridgehead atoms. The van der Waals surface area contributed by atoms with E-state index in [9.17, 15) is 14.9 Å². The average molecular weight is 396 g/mol. The van der Waals surface area contributed by atoms with Gasteiger partial charge in [0.05, 0.1) is 16.4 Å². The maximum Gasteiger partial charge on any atom is 0.269 e. The third-order valence-electron chi connectivity index (χ3n) is 5.80. The molecule has 0 radical (unpaired) electrons. The minimum Gasteiger partial charge on any atom is -0.491 e. The first kappa shape index (κ1) is 20.8. The first-order chi connectivity index (χ1) is 13.9. The Hall–Kier alpha value is -2.89. The Morgan fingerprint density at radius 3 is 2.28 bits per heavy atom. The van der Waals surface area contributed by atoms with Gasteiger partial charge in [0.2, 0.25) is 5.91 Å². The molecule has 2 aromatic rings. The zero-order valence-electron chi connectivity index (χ0n) is 17.0. The number of nitrogens with zero attached hydrogens (tertiary/aromatic N) is 1. The number of rotatable bonds is 7. The standard InChI is InChI=1S/C23H28N2O4/c1-3-17(2)29-21-13-9-19(10-14-21)24-22(26)23(15-5-4-6-16-23)18-7-11-20(12-8-18)25(27)28/h7-14,17H,3-6,15-16H2,1-2H3,(H,24,26). The van der Waals surface area contributed by atoms with Gasteiger partial charge in [0.15, 0.2) is 0 Å². The van der Waals surface area contributed by atoms with Crippen LogP contribution in [-0.4, -0.2) is 16.9 Å². The molecule has 0 heterocycles. The van der Waals surface area contributed by atoms with E-state index in [-0.39, 0.29) is 17.7 Å². The van der Waals surface area contributed by atoms with Gasteiger partial charge < -0.3 is 10.1 Å². The lowest BCUT2D eigenvalue weighted by atomic mass is 9.68. The molecule has 1 saturated carbocycles. The van der Waals surface area contributed by atoms with Gasteiger partial charge in [0.1, 0.15) is 5.75 Å². The molecule has 2 aromatic carbocycles. The van der Waals surface area contributed by atoms with Gasteiger partial charge in [-0.25, -0.2) is 0 Å². The van der Waals surface area contributed by atoms with Crippen LogP contribution in [0.2, 0.25) is 0 Å². The van der Waals surface area contributed by atoms with Crippen LogP contribution in [0, 0.1) is 10.1 Å². The molecule has 29 heavy (non-hydrogen) atoms. The van der Waals surface area contributed by atoms with Crippen molar-refractivity contribution in [3.8, 4) is 5.75 Å². The van der Waals surface area contributed by atoms with Crippen LogP contribution in [0.25, 0.3) is 0 Å². The Labute approximate surface area is 171 Å². The monoisotopic (exact) mass is 396 g/mol. The predicted octanol–water partition coefficient (Wildman–Crippen LogP) is 5.61. The number of carbonyl (C=O) groups excluding carboxylic acids is 1. The fraction of sp³-hybridized carbons (Fsp3) is 0.435. The summed E-state index contributed by atoms with van der Waals surface area (Å²) in [5.41, 5.74) is 0.951. The van der Waals surface area contributed by atoms with E-state index in [0.717, 1.165) is 55.5 Å². The topological polar surface area (TPSA) is 81.5 Å². The number of anilines is 1. The van der Waals surface area contributed by atoms with E-state index in [2.05, 4.69) is 12.2 Å². The molecule has 1 aliphatic carbocycles. The molecule has 1 unspecified atom stereocenters. The van der Waals surface area contributed by atoms with E-state index in [4.69, 9.17) is 4.74 Å². The molecule has 1 atom stereocenters. The van der Waals surface area contributed by atoms with Crippen molar-refractivity contribution in [1.29, 1.82) is 0 Å². The second-order valence-corrected chi connectivity index (χ2v) is 7.76. The molecular formula is C23H28N2O4. The van der Waals surface area contributed by atoms with Gasteiger partial charge in [-0.05, 0) is 56.0 Å². The molecular weight excluding hydrogens is 368 g/mol. The highest BCUT2D eigenvalue weighted by atomic mass is 16.6. The Balaban J connectivity index is 1.80. The van der Waals surface area contributed by atoms with Crippen LogP contribution >= 0.6 is 0 Å². The summed E-state index contributed by atoms with van der Waals surface area (Å²) in [5, 5.41) is 14.0. The first-order valence-electron chi connectivity index (χ1n) is 10.3. The van der Waals surface area contributed by atoms with Crippen molar-refractivity contribution >= 4 is 17.3 Å². The molecule has 6 heteroatoms. The summed E-state index contributed by atoms with van der Waals surface area (Å²) in [5.74, 6) is 0.724. The van der Waals surface area contributed by atoms with Gasteiger partial charge in [-0.15, -0.1) is 0 Å². The molecule has 1 N–H and O–H groups in total. The Morgan fingerprint density at radius 2 is 1.72 bits per heavy atom. The predicted molar refractivity (Wildman–Crippen MR) is 113 cm³/mol. The number of carbonyl (C=O) groups is 1. The Kier molecular flexibility index (Phi) is 6.52. The summed E-state index contributed by atoms with van der Waals surface area (Å²) in [7, 11) is 0. The van der Waals surface area contributed by atoms with Crippen molar-refractivity contribution in [2.45, 2.75) is 63.9 Å². The van der Waals surface area contributed by atoms with Crippen molar-refractivity contribution in [3.63, 3.8) is 0 Å². The third kappa shape index (κ3) is 4.75. The fourth-order valence-electron chi connectivity index (χ4n) is 3.89. The van der Waals surface area contributed by atoms with Gasteiger partial charge in [0, 0.05) is 17.8 Å². The lowest BCUT2D eigenvalue weighted by Crippen LogP contribution is -2.42. The van der Waals surface area contributed by atoms with Crippen molar-refractivity contribution in [1.82, 2.24) is 0 Å². The van der Waals surface area contributed by atoms with E-state index >= 15 is 0 Å². The smallest absolute Gasteiger partial charge is 0.269 e. The molecule has 0 spiro atoms. The van der Waals surface area contributed by atoms with Crippen LogP contribution in [0.3, 0.4) is 0 Å². The summed E-state index contributed by atoms with van der Waals surface area (Å²) in [4.78, 5) is 23.9. The third-order valence-corrected chi connectivity index (χ3v) is 5.80. The van der Waals surface area contributed by atoms with E-state index in [1.807, 2.05) is 31.2 Å². The highest BCUT2D eigenvalue weighted by Gasteiger charge is 2.41. The van der Waals surface area contributed by atoms with Gasteiger partial charge in [-0.2, -0.15) is 0 Å².